The summed E-state index contributed by atoms with van der Waals surface area (Å²) < 4.78 is 10.8. The lowest BCUT2D eigenvalue weighted by Gasteiger charge is -2.27. The minimum Gasteiger partial charge on any atom is -0.507 e. The number of phenolic OH excluding ortho intramolecular Hbond substituents is 1. The van der Waals surface area contributed by atoms with Gasteiger partial charge in [0.05, 0.1) is 20.3 Å². The number of hydrogen-bond donors (Lipinski definition) is 2. The molecule has 0 radical (unpaired) electrons. The van der Waals surface area contributed by atoms with Crippen molar-refractivity contribution in [3.8, 4) is 28.5 Å². The number of rotatable bonds is 7. The van der Waals surface area contributed by atoms with Gasteiger partial charge in [-0.15, -0.1) is 0 Å². The van der Waals surface area contributed by atoms with Gasteiger partial charge in [-0.2, -0.15) is 5.10 Å². The summed E-state index contributed by atoms with van der Waals surface area (Å²) in [6, 6.07) is 17.4. The average Bonchev–Trinajstić information content (AvgIpc) is 3.42. The van der Waals surface area contributed by atoms with E-state index in [9.17, 15) is 9.90 Å². The van der Waals surface area contributed by atoms with Crippen LogP contribution in [0.5, 0.6) is 17.2 Å². The minimum atomic E-state index is -0.460. The van der Waals surface area contributed by atoms with E-state index in [0.717, 1.165) is 11.1 Å². The Balaban J connectivity index is 1.56. The third kappa shape index (κ3) is 4.25. The fraction of sp³-hybridized carbons (Fsp3) is 0.185. The Bertz CT molecular complexity index is 1450. The lowest BCUT2D eigenvalue weighted by Crippen LogP contribution is -2.31. The van der Waals surface area contributed by atoms with Gasteiger partial charge in [0.15, 0.2) is 11.5 Å². The monoisotopic (exact) mass is 523 g/mol. The van der Waals surface area contributed by atoms with Crippen LogP contribution in [0.15, 0.2) is 60.7 Å². The molecule has 1 aromatic heterocycles. The Hall–Kier alpha value is -3.68. The van der Waals surface area contributed by atoms with E-state index in [4.69, 9.17) is 32.7 Å². The molecule has 0 bridgehead atoms. The van der Waals surface area contributed by atoms with Gasteiger partial charge in [-0.05, 0) is 60.0 Å². The summed E-state index contributed by atoms with van der Waals surface area (Å²) in [6.07, 6.45) is 0.582. The van der Waals surface area contributed by atoms with Gasteiger partial charge in [0.2, 0.25) is 0 Å². The van der Waals surface area contributed by atoms with Crippen LogP contribution in [0.4, 0.5) is 0 Å². The molecular weight excluding hydrogens is 501 g/mol. The number of aromatic nitrogens is 2. The van der Waals surface area contributed by atoms with Crippen molar-refractivity contribution < 1.29 is 19.4 Å². The summed E-state index contributed by atoms with van der Waals surface area (Å²) >= 11 is 12.6. The number of aromatic amines is 1. The Labute approximate surface area is 218 Å². The van der Waals surface area contributed by atoms with E-state index in [2.05, 4.69) is 10.2 Å². The lowest BCUT2D eigenvalue weighted by atomic mass is 9.95. The number of aromatic hydroxyl groups is 1. The summed E-state index contributed by atoms with van der Waals surface area (Å²) in [5.41, 5.74) is 3.80. The summed E-state index contributed by atoms with van der Waals surface area (Å²) in [5.74, 6) is 1.11. The Kier molecular flexibility index (Phi) is 6.51. The van der Waals surface area contributed by atoms with Crippen molar-refractivity contribution in [3.63, 3.8) is 0 Å². The number of carbonyl (C=O) groups excluding carboxylic acids is 1. The zero-order chi connectivity index (χ0) is 25.4. The molecule has 9 heteroatoms. The number of benzene rings is 3. The number of nitrogens with zero attached hydrogens (tertiary/aromatic N) is 2. The molecule has 1 atom stereocenters. The zero-order valence-corrected chi connectivity index (χ0v) is 21.1. The van der Waals surface area contributed by atoms with Gasteiger partial charge in [0.25, 0.3) is 5.91 Å². The fourth-order valence-corrected chi connectivity index (χ4v) is 5.01. The van der Waals surface area contributed by atoms with Crippen molar-refractivity contribution in [2.24, 2.45) is 0 Å². The molecule has 0 fully saturated rings. The maximum Gasteiger partial charge on any atom is 0.273 e. The second-order valence-corrected chi connectivity index (χ2v) is 9.29. The quantitative estimate of drug-likeness (QED) is 0.315. The number of methoxy groups -OCH3 is 2. The van der Waals surface area contributed by atoms with Crippen LogP contribution in [0.25, 0.3) is 11.3 Å². The molecule has 0 spiro atoms. The largest absolute Gasteiger partial charge is 0.507 e. The SMILES string of the molecule is COc1ccc(CCN2C(=O)c3[nH]nc(-c4cc(Cl)ccc4O)c3C2c2cccc(Cl)c2)cc1OC. The topological polar surface area (TPSA) is 87.7 Å². The predicted octanol–water partition coefficient (Wildman–Crippen LogP) is 5.89. The van der Waals surface area contributed by atoms with Gasteiger partial charge in [-0.1, -0.05) is 41.4 Å². The van der Waals surface area contributed by atoms with Gasteiger partial charge >= 0.3 is 0 Å². The van der Waals surface area contributed by atoms with Crippen molar-refractivity contribution in [2.75, 3.05) is 20.8 Å². The van der Waals surface area contributed by atoms with Crippen molar-refractivity contribution >= 4 is 29.1 Å². The first-order chi connectivity index (χ1) is 17.4. The number of halogens is 2. The fourth-order valence-electron chi connectivity index (χ4n) is 4.64. The van der Waals surface area contributed by atoms with E-state index in [-0.39, 0.29) is 11.7 Å². The number of phenols is 1. The van der Waals surface area contributed by atoms with Gasteiger partial charge in [-0.3, -0.25) is 9.89 Å². The molecule has 0 saturated carbocycles. The van der Waals surface area contributed by atoms with Crippen molar-refractivity contribution in [2.45, 2.75) is 12.5 Å². The number of ether oxygens (including phenoxy) is 2. The molecule has 2 N–H and O–H groups in total. The van der Waals surface area contributed by atoms with Gasteiger partial charge in [0, 0.05) is 27.7 Å². The van der Waals surface area contributed by atoms with Crippen molar-refractivity contribution in [1.82, 2.24) is 15.1 Å². The minimum absolute atomic E-state index is 0.0229. The van der Waals surface area contributed by atoms with E-state index in [1.807, 2.05) is 36.4 Å². The highest BCUT2D eigenvalue weighted by atomic mass is 35.5. The molecule has 4 aromatic rings. The smallest absolute Gasteiger partial charge is 0.273 e. The third-order valence-electron chi connectivity index (χ3n) is 6.33. The lowest BCUT2D eigenvalue weighted by molar-refractivity contribution is 0.0746. The first-order valence-corrected chi connectivity index (χ1v) is 12.0. The summed E-state index contributed by atoms with van der Waals surface area (Å²) in [6.45, 7) is 0.426. The molecule has 2 heterocycles. The first kappa shape index (κ1) is 24.0. The molecular formula is C27H23Cl2N3O4. The number of amides is 1. The number of fused-ring (bicyclic) bond motifs is 1. The van der Waals surface area contributed by atoms with Crippen LogP contribution >= 0.6 is 23.2 Å². The standard InChI is InChI=1S/C27H23Cl2N3O4/c1-35-21-9-6-15(12-22(21)36-2)10-11-32-26(16-4-3-5-17(28)13-16)23-24(30-31-25(23)27(32)34)19-14-18(29)7-8-20(19)33/h3-9,12-14,26,33H,10-11H2,1-2H3,(H,30,31). The highest BCUT2D eigenvalue weighted by Gasteiger charge is 2.42. The Morgan fingerprint density at radius 2 is 1.78 bits per heavy atom. The summed E-state index contributed by atoms with van der Waals surface area (Å²) in [7, 11) is 3.18. The molecule has 0 saturated heterocycles. The van der Waals surface area contributed by atoms with Crippen LogP contribution in [-0.2, 0) is 6.42 Å². The molecule has 36 heavy (non-hydrogen) atoms. The zero-order valence-electron chi connectivity index (χ0n) is 19.6. The molecule has 1 aliphatic heterocycles. The number of carbonyl (C=O) groups is 1. The van der Waals surface area contributed by atoms with Crippen LogP contribution < -0.4 is 9.47 Å². The third-order valence-corrected chi connectivity index (χ3v) is 6.80. The van der Waals surface area contributed by atoms with Crippen LogP contribution in [0.3, 0.4) is 0 Å². The number of H-pyrrole nitrogens is 1. The second-order valence-electron chi connectivity index (χ2n) is 8.42. The maximum absolute atomic E-state index is 13.6. The molecule has 1 unspecified atom stereocenters. The van der Waals surface area contributed by atoms with Crippen LogP contribution in [0.2, 0.25) is 10.0 Å². The number of nitrogens with one attached hydrogen (secondary N) is 1. The molecule has 5 rings (SSSR count). The first-order valence-electron chi connectivity index (χ1n) is 11.3. The molecule has 7 nitrogen and oxygen atoms in total. The highest BCUT2D eigenvalue weighted by Crippen LogP contribution is 2.45. The maximum atomic E-state index is 13.6. The normalized spacial score (nSPS) is 14.7. The molecule has 184 valence electrons. The second kappa shape index (κ2) is 9.76. The molecule has 1 amide bonds. The predicted molar refractivity (Wildman–Crippen MR) is 138 cm³/mol. The van der Waals surface area contributed by atoms with Crippen molar-refractivity contribution in [3.05, 3.63) is 93.1 Å². The Morgan fingerprint density at radius 3 is 2.53 bits per heavy atom. The van der Waals surface area contributed by atoms with Gasteiger partial charge < -0.3 is 19.5 Å². The van der Waals surface area contributed by atoms with Crippen molar-refractivity contribution in [1.29, 1.82) is 0 Å². The van der Waals surface area contributed by atoms with E-state index in [0.29, 0.717) is 57.0 Å². The van der Waals surface area contributed by atoms with Crippen LogP contribution in [-0.4, -0.2) is 46.9 Å². The summed E-state index contributed by atoms with van der Waals surface area (Å²) in [4.78, 5) is 15.4. The molecule has 0 aliphatic carbocycles. The highest BCUT2D eigenvalue weighted by molar-refractivity contribution is 6.31. The molecule has 3 aromatic carbocycles. The van der Waals surface area contributed by atoms with E-state index in [1.165, 1.54) is 6.07 Å². The Morgan fingerprint density at radius 1 is 1.00 bits per heavy atom. The molecule has 1 aliphatic rings. The van der Waals surface area contributed by atoms with E-state index < -0.39 is 6.04 Å². The van der Waals surface area contributed by atoms with Gasteiger partial charge in [-0.25, -0.2) is 0 Å². The van der Waals surface area contributed by atoms with Crippen LogP contribution in [0.1, 0.15) is 33.2 Å². The van der Waals surface area contributed by atoms with Crippen LogP contribution in [0, 0.1) is 0 Å². The van der Waals surface area contributed by atoms with E-state index >= 15 is 0 Å². The van der Waals surface area contributed by atoms with E-state index in [1.54, 1.807) is 37.3 Å². The number of hydrogen-bond acceptors (Lipinski definition) is 5. The average molecular weight is 524 g/mol. The summed E-state index contributed by atoms with van der Waals surface area (Å²) in [5, 5.41) is 18.9. The van der Waals surface area contributed by atoms with Gasteiger partial charge in [0.1, 0.15) is 17.1 Å².